The molecule has 0 N–H and O–H groups in total. The monoisotopic (exact) mass is 367 g/mol. The Morgan fingerprint density at radius 3 is 2.58 bits per heavy atom. The van der Waals surface area contributed by atoms with Gasteiger partial charge < -0.3 is 9.30 Å². The molecular weight excluding hydrogens is 346 g/mol. The third-order valence-corrected chi connectivity index (χ3v) is 5.02. The maximum atomic E-state index is 12.4. The first kappa shape index (κ1) is 18.2. The predicted octanol–water partition coefficient (Wildman–Crippen LogP) is 4.26. The Kier molecular flexibility index (Phi) is 5.73. The summed E-state index contributed by atoms with van der Waals surface area (Å²) in [5, 5.41) is 9.38. The molecule has 0 atom stereocenters. The Hall–Kier alpha value is -2.60. The molecule has 0 fully saturated rings. The topological polar surface area (TPSA) is 57.0 Å². The van der Waals surface area contributed by atoms with Crippen molar-refractivity contribution in [3.8, 4) is 17.1 Å². The molecule has 6 heteroatoms. The molecule has 0 spiro atoms. The zero-order chi connectivity index (χ0) is 18.5. The van der Waals surface area contributed by atoms with Crippen LogP contribution >= 0.6 is 11.8 Å². The second kappa shape index (κ2) is 8.19. The van der Waals surface area contributed by atoms with Crippen molar-refractivity contribution >= 4 is 17.5 Å². The molecule has 1 aromatic heterocycles. The Morgan fingerprint density at radius 1 is 1.15 bits per heavy atom. The number of hydrogen-bond donors (Lipinski definition) is 0. The van der Waals surface area contributed by atoms with Crippen LogP contribution in [-0.4, -0.2) is 33.4 Å². The Morgan fingerprint density at radius 2 is 1.92 bits per heavy atom. The molecule has 0 aliphatic heterocycles. The molecule has 134 valence electrons. The molecule has 0 amide bonds. The number of benzene rings is 2. The first-order valence-corrected chi connectivity index (χ1v) is 9.41. The summed E-state index contributed by atoms with van der Waals surface area (Å²) in [6.07, 6.45) is 0. The standard InChI is InChI=1S/C20H21N3O2S/c1-4-23-19(16-7-5-6-14(2)12-16)21-22-20(23)26-13-18(24)15-8-10-17(25-3)11-9-15/h5-12H,4,13H2,1-3H3. The van der Waals surface area contributed by atoms with E-state index in [-0.39, 0.29) is 5.78 Å². The highest BCUT2D eigenvalue weighted by Crippen LogP contribution is 2.25. The molecular formula is C20H21N3O2S. The van der Waals surface area contributed by atoms with Crippen molar-refractivity contribution < 1.29 is 9.53 Å². The lowest BCUT2D eigenvalue weighted by atomic mass is 10.1. The molecule has 0 aliphatic carbocycles. The zero-order valence-electron chi connectivity index (χ0n) is 15.1. The summed E-state index contributed by atoms with van der Waals surface area (Å²) in [4.78, 5) is 12.4. The minimum atomic E-state index is 0.0559. The van der Waals surface area contributed by atoms with Crippen molar-refractivity contribution in [2.24, 2.45) is 0 Å². The van der Waals surface area contributed by atoms with Gasteiger partial charge in [0.25, 0.3) is 0 Å². The summed E-state index contributed by atoms with van der Waals surface area (Å²) < 4.78 is 7.17. The van der Waals surface area contributed by atoms with Crippen LogP contribution < -0.4 is 4.74 Å². The summed E-state index contributed by atoms with van der Waals surface area (Å²) in [5.41, 5.74) is 2.88. The highest BCUT2D eigenvalue weighted by molar-refractivity contribution is 7.99. The number of nitrogens with zero attached hydrogens (tertiary/aromatic N) is 3. The number of rotatable bonds is 7. The van der Waals surface area contributed by atoms with Gasteiger partial charge in [-0.05, 0) is 44.2 Å². The lowest BCUT2D eigenvalue weighted by Crippen LogP contribution is -2.05. The number of methoxy groups -OCH3 is 1. The lowest BCUT2D eigenvalue weighted by Gasteiger charge is -2.08. The van der Waals surface area contributed by atoms with Gasteiger partial charge >= 0.3 is 0 Å². The molecule has 1 heterocycles. The van der Waals surface area contributed by atoms with Crippen LogP contribution in [-0.2, 0) is 6.54 Å². The SMILES string of the molecule is CCn1c(SCC(=O)c2ccc(OC)cc2)nnc1-c1cccc(C)c1. The quantitative estimate of drug-likeness (QED) is 0.461. The predicted molar refractivity (Wildman–Crippen MR) is 104 cm³/mol. The number of carbonyl (C=O) groups excluding carboxylic acids is 1. The molecule has 3 rings (SSSR count). The van der Waals surface area contributed by atoms with E-state index in [1.165, 1.54) is 17.3 Å². The smallest absolute Gasteiger partial charge is 0.191 e. The van der Waals surface area contributed by atoms with Gasteiger partial charge in [-0.1, -0.05) is 35.5 Å². The van der Waals surface area contributed by atoms with Crippen molar-refractivity contribution in [2.45, 2.75) is 25.5 Å². The van der Waals surface area contributed by atoms with Crippen LogP contribution in [0.15, 0.2) is 53.7 Å². The van der Waals surface area contributed by atoms with Crippen LogP contribution in [0.3, 0.4) is 0 Å². The second-order valence-corrected chi connectivity index (χ2v) is 6.80. The van der Waals surface area contributed by atoms with Gasteiger partial charge in [0.15, 0.2) is 16.8 Å². The summed E-state index contributed by atoms with van der Waals surface area (Å²) in [7, 11) is 1.61. The van der Waals surface area contributed by atoms with Crippen molar-refractivity contribution in [3.63, 3.8) is 0 Å². The molecule has 0 saturated carbocycles. The number of carbonyl (C=O) groups is 1. The first-order valence-electron chi connectivity index (χ1n) is 8.42. The van der Waals surface area contributed by atoms with Gasteiger partial charge in [0, 0.05) is 17.7 Å². The number of ether oxygens (including phenoxy) is 1. The maximum absolute atomic E-state index is 12.4. The van der Waals surface area contributed by atoms with Crippen molar-refractivity contribution in [1.82, 2.24) is 14.8 Å². The molecule has 3 aromatic rings. The summed E-state index contributed by atoms with van der Waals surface area (Å²) in [6, 6.07) is 15.3. The van der Waals surface area contributed by atoms with E-state index < -0.39 is 0 Å². The molecule has 0 unspecified atom stereocenters. The molecule has 0 bridgehead atoms. The van der Waals surface area contributed by atoms with Gasteiger partial charge in [-0.15, -0.1) is 10.2 Å². The third kappa shape index (κ3) is 3.96. The van der Waals surface area contributed by atoms with Crippen LogP contribution in [0.1, 0.15) is 22.8 Å². The van der Waals surface area contributed by atoms with Gasteiger partial charge in [-0.2, -0.15) is 0 Å². The third-order valence-electron chi connectivity index (χ3n) is 4.05. The molecule has 26 heavy (non-hydrogen) atoms. The van der Waals surface area contributed by atoms with E-state index in [2.05, 4.69) is 36.2 Å². The summed E-state index contributed by atoms with van der Waals surface area (Å²) >= 11 is 1.41. The average molecular weight is 367 g/mol. The van der Waals surface area contributed by atoms with Crippen LogP contribution in [0.2, 0.25) is 0 Å². The van der Waals surface area contributed by atoms with Gasteiger partial charge in [0.1, 0.15) is 5.75 Å². The lowest BCUT2D eigenvalue weighted by molar-refractivity contribution is 0.102. The summed E-state index contributed by atoms with van der Waals surface area (Å²) in [6.45, 7) is 4.85. The van der Waals surface area contributed by atoms with Gasteiger partial charge in [-0.25, -0.2) is 0 Å². The minimum absolute atomic E-state index is 0.0559. The highest BCUT2D eigenvalue weighted by Gasteiger charge is 2.15. The number of aromatic nitrogens is 3. The van der Waals surface area contributed by atoms with Crippen molar-refractivity contribution in [2.75, 3.05) is 12.9 Å². The Balaban J connectivity index is 1.74. The zero-order valence-corrected chi connectivity index (χ0v) is 15.9. The van der Waals surface area contributed by atoms with E-state index in [1.54, 1.807) is 31.4 Å². The highest BCUT2D eigenvalue weighted by atomic mass is 32.2. The van der Waals surface area contributed by atoms with E-state index in [4.69, 9.17) is 4.74 Å². The van der Waals surface area contributed by atoms with Crippen molar-refractivity contribution in [1.29, 1.82) is 0 Å². The van der Waals surface area contributed by atoms with Gasteiger partial charge in [0.05, 0.1) is 12.9 Å². The van der Waals surface area contributed by atoms with E-state index >= 15 is 0 Å². The fraction of sp³-hybridized carbons (Fsp3) is 0.250. The summed E-state index contributed by atoms with van der Waals surface area (Å²) in [5.74, 6) is 1.94. The minimum Gasteiger partial charge on any atom is -0.497 e. The van der Waals surface area contributed by atoms with Gasteiger partial charge in [0.2, 0.25) is 0 Å². The number of thioether (sulfide) groups is 1. The largest absolute Gasteiger partial charge is 0.497 e. The van der Waals surface area contributed by atoms with Crippen LogP contribution in [0.5, 0.6) is 5.75 Å². The van der Waals surface area contributed by atoms with Crippen molar-refractivity contribution in [3.05, 3.63) is 59.7 Å². The normalized spacial score (nSPS) is 10.7. The van der Waals surface area contributed by atoms with Crippen LogP contribution in [0, 0.1) is 6.92 Å². The molecule has 0 aliphatic rings. The van der Waals surface area contributed by atoms with E-state index in [0.29, 0.717) is 11.3 Å². The molecule has 2 aromatic carbocycles. The fourth-order valence-corrected chi connectivity index (χ4v) is 3.57. The number of hydrogen-bond acceptors (Lipinski definition) is 5. The number of ketones is 1. The molecule has 5 nitrogen and oxygen atoms in total. The number of Topliss-reactive ketones (excluding diaryl/α,β-unsaturated/α-hetero) is 1. The average Bonchev–Trinajstić information content (AvgIpc) is 3.09. The first-order chi connectivity index (χ1) is 12.6. The van der Waals surface area contributed by atoms with E-state index in [1.807, 2.05) is 16.7 Å². The van der Waals surface area contributed by atoms with Crippen LogP contribution in [0.4, 0.5) is 0 Å². The molecule has 0 radical (unpaired) electrons. The number of aryl methyl sites for hydroxylation is 1. The maximum Gasteiger partial charge on any atom is 0.191 e. The Bertz CT molecular complexity index is 904. The fourth-order valence-electron chi connectivity index (χ4n) is 2.67. The molecule has 0 saturated heterocycles. The van der Waals surface area contributed by atoms with Gasteiger partial charge in [-0.3, -0.25) is 4.79 Å². The Labute approximate surface area is 157 Å². The van der Waals surface area contributed by atoms with E-state index in [0.717, 1.165) is 28.8 Å². The van der Waals surface area contributed by atoms with Crippen LogP contribution in [0.25, 0.3) is 11.4 Å². The van der Waals surface area contributed by atoms with E-state index in [9.17, 15) is 4.79 Å². The second-order valence-electron chi connectivity index (χ2n) is 5.86.